The Morgan fingerprint density at radius 3 is 2.68 bits per heavy atom. The highest BCUT2D eigenvalue weighted by atomic mass is 16.5. The van der Waals surface area contributed by atoms with Gasteiger partial charge in [-0.1, -0.05) is 0 Å². The van der Waals surface area contributed by atoms with E-state index >= 15 is 0 Å². The summed E-state index contributed by atoms with van der Waals surface area (Å²) in [4.78, 5) is 16.1. The van der Waals surface area contributed by atoms with E-state index in [4.69, 9.17) is 19.9 Å². The van der Waals surface area contributed by atoms with Crippen LogP contribution in [0.15, 0.2) is 47.3 Å². The number of carbonyl (C=O) groups excluding carboxylic acids is 1. The fourth-order valence-electron chi connectivity index (χ4n) is 2.28. The van der Waals surface area contributed by atoms with Crippen molar-refractivity contribution in [2.24, 2.45) is 5.73 Å². The summed E-state index contributed by atoms with van der Waals surface area (Å²) in [5, 5.41) is 9.39. The van der Waals surface area contributed by atoms with Gasteiger partial charge in [0.2, 0.25) is 5.88 Å². The molecule has 0 bridgehead atoms. The Balaban J connectivity index is 2.65. The average molecular weight is 301 g/mol. The first-order valence-electron chi connectivity index (χ1n) is 6.41. The van der Waals surface area contributed by atoms with Crippen molar-refractivity contribution < 1.29 is 19.0 Å². The van der Waals surface area contributed by atoms with Crippen LogP contribution in [0, 0.1) is 11.3 Å². The first-order valence-corrected chi connectivity index (χ1v) is 6.41. The third kappa shape index (κ3) is 2.77. The molecule has 0 amide bonds. The minimum Gasteiger partial charge on any atom is -0.466 e. The number of nitrogens with zero attached hydrogens (tertiary/aromatic N) is 2. The van der Waals surface area contributed by atoms with E-state index in [9.17, 15) is 10.1 Å². The van der Waals surface area contributed by atoms with E-state index in [0.717, 1.165) is 0 Å². The van der Waals surface area contributed by atoms with Crippen LogP contribution in [-0.4, -0.2) is 31.8 Å². The Bertz CT molecular complexity index is 674. The van der Waals surface area contributed by atoms with E-state index in [1.165, 1.54) is 14.2 Å². The van der Waals surface area contributed by atoms with Gasteiger partial charge in [-0.2, -0.15) is 5.26 Å². The number of hydrogen-bond donors (Lipinski definition) is 1. The van der Waals surface area contributed by atoms with Crippen LogP contribution in [-0.2, 0) is 19.0 Å². The molecular weight excluding hydrogens is 286 g/mol. The second-order valence-electron chi connectivity index (χ2n) is 4.47. The Hall–Kier alpha value is -2.85. The van der Waals surface area contributed by atoms with Gasteiger partial charge in [0, 0.05) is 19.5 Å². The predicted octanol–water partition coefficient (Wildman–Crippen LogP) is 0.963. The fourth-order valence-corrected chi connectivity index (χ4v) is 2.28. The van der Waals surface area contributed by atoms with Crippen molar-refractivity contribution in [2.45, 2.75) is 5.92 Å². The number of carbonyl (C=O) groups is 1. The van der Waals surface area contributed by atoms with Crippen LogP contribution >= 0.6 is 0 Å². The van der Waals surface area contributed by atoms with E-state index in [0.29, 0.717) is 5.56 Å². The van der Waals surface area contributed by atoms with Gasteiger partial charge in [-0.3, -0.25) is 4.98 Å². The molecule has 7 nitrogen and oxygen atoms in total. The van der Waals surface area contributed by atoms with Crippen LogP contribution in [0.2, 0.25) is 0 Å². The highest BCUT2D eigenvalue weighted by Gasteiger charge is 2.37. The zero-order chi connectivity index (χ0) is 16.1. The lowest BCUT2D eigenvalue weighted by atomic mass is 9.83. The maximum Gasteiger partial charge on any atom is 0.338 e. The molecule has 2 heterocycles. The number of methoxy groups -OCH3 is 2. The third-order valence-corrected chi connectivity index (χ3v) is 3.22. The van der Waals surface area contributed by atoms with Crippen LogP contribution in [0.4, 0.5) is 0 Å². The van der Waals surface area contributed by atoms with Gasteiger partial charge in [0.1, 0.15) is 24.0 Å². The number of rotatable bonds is 4. The van der Waals surface area contributed by atoms with Gasteiger partial charge >= 0.3 is 5.97 Å². The molecule has 2 N–H and O–H groups in total. The lowest BCUT2D eigenvalue weighted by Gasteiger charge is -2.27. The molecule has 0 saturated carbocycles. The van der Waals surface area contributed by atoms with E-state index in [1.807, 2.05) is 6.07 Å². The Kier molecular flexibility index (Phi) is 4.76. The highest BCUT2D eigenvalue weighted by Crippen LogP contribution is 2.39. The first kappa shape index (κ1) is 15.5. The average Bonchev–Trinajstić information content (AvgIpc) is 2.54. The molecule has 0 aliphatic carbocycles. The molecule has 0 radical (unpaired) electrons. The number of ether oxygens (including phenoxy) is 3. The number of hydrogen-bond acceptors (Lipinski definition) is 7. The summed E-state index contributed by atoms with van der Waals surface area (Å²) in [5.41, 5.74) is 6.85. The molecule has 1 aromatic heterocycles. The molecule has 0 saturated heterocycles. The van der Waals surface area contributed by atoms with Crippen LogP contribution in [0.3, 0.4) is 0 Å². The van der Waals surface area contributed by atoms with Crippen LogP contribution in [0.1, 0.15) is 11.5 Å². The van der Waals surface area contributed by atoms with Gasteiger partial charge in [-0.25, -0.2) is 4.79 Å². The first-order chi connectivity index (χ1) is 10.6. The molecule has 1 unspecified atom stereocenters. The van der Waals surface area contributed by atoms with E-state index in [2.05, 4.69) is 4.98 Å². The summed E-state index contributed by atoms with van der Waals surface area (Å²) >= 11 is 0. The summed E-state index contributed by atoms with van der Waals surface area (Å²) in [5.74, 6) is -1.11. The normalized spacial score (nSPS) is 17.8. The number of aromatic nitrogens is 1. The molecule has 0 spiro atoms. The second-order valence-corrected chi connectivity index (χ2v) is 4.47. The van der Waals surface area contributed by atoms with E-state index < -0.39 is 11.9 Å². The van der Waals surface area contributed by atoms with Crippen molar-refractivity contribution in [1.82, 2.24) is 4.98 Å². The Morgan fingerprint density at radius 1 is 1.45 bits per heavy atom. The highest BCUT2D eigenvalue weighted by molar-refractivity contribution is 5.92. The van der Waals surface area contributed by atoms with Crippen molar-refractivity contribution in [3.8, 4) is 6.07 Å². The standard InChI is InChI=1S/C15H15N3O4/c1-20-8-11-13(15(19)21-2)12(9-3-5-18-6-4-9)10(7-16)14(17)22-11/h3-6,12H,8,17H2,1-2H3. The predicted molar refractivity (Wildman–Crippen MR) is 75.8 cm³/mol. The maximum absolute atomic E-state index is 12.2. The van der Waals surface area contributed by atoms with Crippen LogP contribution in [0.5, 0.6) is 0 Å². The van der Waals surface area contributed by atoms with E-state index in [-0.39, 0.29) is 29.4 Å². The summed E-state index contributed by atoms with van der Waals surface area (Å²) in [6.07, 6.45) is 3.14. The molecule has 1 aliphatic heterocycles. The smallest absolute Gasteiger partial charge is 0.338 e. The molecule has 1 atom stereocenters. The van der Waals surface area contributed by atoms with Crippen molar-refractivity contribution >= 4 is 5.97 Å². The summed E-state index contributed by atoms with van der Waals surface area (Å²) in [6.45, 7) is 0.0332. The largest absolute Gasteiger partial charge is 0.466 e. The SMILES string of the molecule is COCC1=C(C(=O)OC)C(c2ccncc2)C(C#N)=C(N)O1. The van der Waals surface area contributed by atoms with E-state index in [1.54, 1.807) is 24.5 Å². The number of esters is 1. The molecule has 1 aromatic rings. The fraction of sp³-hybridized carbons (Fsp3) is 0.267. The van der Waals surface area contributed by atoms with Crippen LogP contribution < -0.4 is 5.73 Å². The molecule has 7 heteroatoms. The molecular formula is C15H15N3O4. The van der Waals surface area contributed by atoms with Crippen molar-refractivity contribution in [1.29, 1.82) is 5.26 Å². The molecule has 114 valence electrons. The number of allylic oxidation sites excluding steroid dienone is 1. The van der Waals surface area contributed by atoms with Gasteiger partial charge < -0.3 is 19.9 Å². The topological polar surface area (TPSA) is 107 Å². The number of nitrogens with two attached hydrogens (primary N) is 1. The molecule has 0 aromatic carbocycles. The molecule has 2 rings (SSSR count). The summed E-state index contributed by atoms with van der Waals surface area (Å²) < 4.78 is 15.3. The van der Waals surface area contributed by atoms with Crippen LogP contribution in [0.25, 0.3) is 0 Å². The van der Waals surface area contributed by atoms with Crippen molar-refractivity contribution in [3.05, 3.63) is 52.9 Å². The summed E-state index contributed by atoms with van der Waals surface area (Å²) in [7, 11) is 2.73. The van der Waals surface area contributed by atoms with Crippen molar-refractivity contribution in [2.75, 3.05) is 20.8 Å². The quantitative estimate of drug-likeness (QED) is 0.825. The van der Waals surface area contributed by atoms with Gasteiger partial charge in [0.15, 0.2) is 0 Å². The van der Waals surface area contributed by atoms with Gasteiger partial charge in [0.05, 0.1) is 18.6 Å². The molecule has 1 aliphatic rings. The minimum atomic E-state index is -0.681. The van der Waals surface area contributed by atoms with Gasteiger partial charge in [0.25, 0.3) is 0 Å². The zero-order valence-electron chi connectivity index (χ0n) is 12.2. The Labute approximate surface area is 127 Å². The van der Waals surface area contributed by atoms with Gasteiger partial charge in [-0.15, -0.1) is 0 Å². The maximum atomic E-state index is 12.2. The minimum absolute atomic E-state index is 0.0332. The van der Waals surface area contributed by atoms with Crippen molar-refractivity contribution in [3.63, 3.8) is 0 Å². The monoisotopic (exact) mass is 301 g/mol. The molecule has 22 heavy (non-hydrogen) atoms. The number of nitriles is 1. The van der Waals surface area contributed by atoms with Gasteiger partial charge in [-0.05, 0) is 17.7 Å². The zero-order valence-corrected chi connectivity index (χ0v) is 12.2. The second kappa shape index (κ2) is 6.74. The lowest BCUT2D eigenvalue weighted by molar-refractivity contribution is -0.136. The number of pyridine rings is 1. The third-order valence-electron chi connectivity index (χ3n) is 3.22. The lowest BCUT2D eigenvalue weighted by Crippen LogP contribution is -2.27. The molecule has 0 fully saturated rings. The summed E-state index contributed by atoms with van der Waals surface area (Å²) in [6, 6.07) is 5.41. The Morgan fingerprint density at radius 2 is 2.14 bits per heavy atom.